The third kappa shape index (κ3) is 2.18. The summed E-state index contributed by atoms with van der Waals surface area (Å²) in [6.45, 7) is 8.11. The number of halogens is 1. The van der Waals surface area contributed by atoms with Crippen molar-refractivity contribution in [1.29, 1.82) is 0 Å². The Labute approximate surface area is 139 Å². The van der Waals surface area contributed by atoms with Gasteiger partial charge in [0.1, 0.15) is 11.1 Å². The van der Waals surface area contributed by atoms with E-state index in [0.717, 1.165) is 21.9 Å². The summed E-state index contributed by atoms with van der Waals surface area (Å²) in [5.74, 6) is 0. The SMILES string of the molecule is CC1(C)OB(c2cc(Cl)cc3oc4cccnc4c23)OC1(C)C. The number of hydrogen-bond donors (Lipinski definition) is 0. The molecular weight excluding hydrogens is 312 g/mol. The Hall–Kier alpha value is -1.56. The molecule has 0 saturated carbocycles. The van der Waals surface area contributed by atoms with Crippen LogP contribution in [0.2, 0.25) is 5.02 Å². The van der Waals surface area contributed by atoms with E-state index in [2.05, 4.69) is 4.98 Å². The Morgan fingerprint density at radius 1 is 1.04 bits per heavy atom. The van der Waals surface area contributed by atoms with E-state index in [-0.39, 0.29) is 0 Å². The first-order chi connectivity index (χ1) is 10.8. The predicted octanol–water partition coefficient (Wildman–Crippen LogP) is 3.93. The third-order valence-corrected chi connectivity index (χ3v) is 5.05. The van der Waals surface area contributed by atoms with Crippen molar-refractivity contribution in [1.82, 2.24) is 4.98 Å². The van der Waals surface area contributed by atoms with Crippen LogP contribution in [0.3, 0.4) is 0 Å². The quantitative estimate of drug-likeness (QED) is 0.634. The maximum atomic E-state index is 6.28. The van der Waals surface area contributed by atoms with Crippen LogP contribution in [0.1, 0.15) is 27.7 Å². The van der Waals surface area contributed by atoms with Crippen molar-refractivity contribution in [3.8, 4) is 0 Å². The van der Waals surface area contributed by atoms with Gasteiger partial charge in [0.05, 0.1) is 11.2 Å². The molecule has 6 heteroatoms. The Kier molecular flexibility index (Phi) is 3.08. The maximum Gasteiger partial charge on any atom is 0.495 e. The lowest BCUT2D eigenvalue weighted by atomic mass is 9.77. The average Bonchev–Trinajstić information content (AvgIpc) is 2.92. The van der Waals surface area contributed by atoms with Crippen molar-refractivity contribution in [3.05, 3.63) is 35.5 Å². The topological polar surface area (TPSA) is 44.5 Å². The van der Waals surface area contributed by atoms with Crippen LogP contribution >= 0.6 is 11.6 Å². The van der Waals surface area contributed by atoms with Crippen molar-refractivity contribution in [2.45, 2.75) is 38.9 Å². The van der Waals surface area contributed by atoms with Gasteiger partial charge in [0, 0.05) is 22.7 Å². The van der Waals surface area contributed by atoms with Gasteiger partial charge in [0.25, 0.3) is 0 Å². The van der Waals surface area contributed by atoms with E-state index >= 15 is 0 Å². The summed E-state index contributed by atoms with van der Waals surface area (Å²) < 4.78 is 18.2. The van der Waals surface area contributed by atoms with Crippen LogP contribution in [0.4, 0.5) is 0 Å². The van der Waals surface area contributed by atoms with E-state index in [1.165, 1.54) is 0 Å². The minimum Gasteiger partial charge on any atom is -0.454 e. The Balaban J connectivity index is 1.97. The second kappa shape index (κ2) is 4.73. The van der Waals surface area contributed by atoms with Crippen LogP contribution in [0.5, 0.6) is 0 Å². The molecule has 23 heavy (non-hydrogen) atoms. The predicted molar refractivity (Wildman–Crippen MR) is 92.2 cm³/mol. The molecule has 0 radical (unpaired) electrons. The van der Waals surface area contributed by atoms with E-state index in [0.29, 0.717) is 10.6 Å². The summed E-state index contributed by atoms with van der Waals surface area (Å²) >= 11 is 6.28. The number of rotatable bonds is 1. The third-order valence-electron chi connectivity index (χ3n) is 4.83. The van der Waals surface area contributed by atoms with Crippen molar-refractivity contribution in [3.63, 3.8) is 0 Å². The zero-order chi connectivity index (χ0) is 16.4. The summed E-state index contributed by atoms with van der Waals surface area (Å²) in [6.07, 6.45) is 1.75. The number of nitrogens with zero attached hydrogens (tertiary/aromatic N) is 1. The molecule has 118 valence electrons. The molecule has 0 N–H and O–H groups in total. The van der Waals surface area contributed by atoms with Crippen LogP contribution in [0.15, 0.2) is 34.9 Å². The van der Waals surface area contributed by atoms with Gasteiger partial charge < -0.3 is 13.7 Å². The monoisotopic (exact) mass is 329 g/mol. The molecule has 0 aliphatic carbocycles. The first-order valence-corrected chi connectivity index (χ1v) is 7.99. The molecule has 3 heterocycles. The van der Waals surface area contributed by atoms with Crippen LogP contribution < -0.4 is 5.46 Å². The van der Waals surface area contributed by atoms with Crippen LogP contribution in [-0.2, 0) is 9.31 Å². The molecule has 0 atom stereocenters. The van der Waals surface area contributed by atoms with E-state index in [9.17, 15) is 0 Å². The van der Waals surface area contributed by atoms with Crippen LogP contribution in [-0.4, -0.2) is 23.3 Å². The standard InChI is InChI=1S/C17H17BClNO3/c1-16(2)17(3,4)23-18(22-16)11-8-10(19)9-13-14(11)15-12(21-13)6-5-7-20-15/h5-9H,1-4H3. The van der Waals surface area contributed by atoms with E-state index < -0.39 is 18.3 Å². The van der Waals surface area contributed by atoms with Gasteiger partial charge in [-0.2, -0.15) is 0 Å². The number of benzene rings is 1. The first kappa shape index (κ1) is 15.0. The molecule has 0 unspecified atom stereocenters. The number of aromatic nitrogens is 1. The van der Waals surface area contributed by atoms with Crippen LogP contribution in [0, 0.1) is 0 Å². The normalized spacial score (nSPS) is 19.8. The summed E-state index contributed by atoms with van der Waals surface area (Å²) in [4.78, 5) is 4.46. The molecule has 1 fully saturated rings. The Morgan fingerprint density at radius 3 is 2.43 bits per heavy atom. The smallest absolute Gasteiger partial charge is 0.454 e. The molecule has 1 saturated heterocycles. The molecule has 0 spiro atoms. The molecule has 4 rings (SSSR count). The zero-order valence-electron chi connectivity index (χ0n) is 13.5. The molecular formula is C17H17BClNO3. The number of pyridine rings is 1. The first-order valence-electron chi connectivity index (χ1n) is 7.61. The van der Waals surface area contributed by atoms with Gasteiger partial charge in [0.15, 0.2) is 5.58 Å². The van der Waals surface area contributed by atoms with Crippen LogP contribution in [0.25, 0.3) is 22.1 Å². The van der Waals surface area contributed by atoms with Gasteiger partial charge >= 0.3 is 7.12 Å². The lowest BCUT2D eigenvalue weighted by Gasteiger charge is -2.32. The van der Waals surface area contributed by atoms with Gasteiger partial charge in [-0.1, -0.05) is 11.6 Å². The lowest BCUT2D eigenvalue weighted by molar-refractivity contribution is 0.00578. The second-order valence-corrected chi connectivity index (χ2v) is 7.35. The number of fused-ring (bicyclic) bond motifs is 3. The average molecular weight is 330 g/mol. The fourth-order valence-electron chi connectivity index (χ4n) is 2.87. The van der Waals surface area contributed by atoms with Gasteiger partial charge in [0.2, 0.25) is 0 Å². The van der Waals surface area contributed by atoms with Gasteiger partial charge in [-0.15, -0.1) is 0 Å². The minimum atomic E-state index is -0.510. The number of furan rings is 1. The van der Waals surface area contributed by atoms with E-state index in [4.69, 9.17) is 25.3 Å². The minimum absolute atomic E-state index is 0.417. The fraction of sp³-hybridized carbons (Fsp3) is 0.353. The highest BCUT2D eigenvalue weighted by Gasteiger charge is 2.52. The summed E-state index contributed by atoms with van der Waals surface area (Å²) in [6, 6.07) is 7.41. The molecule has 0 amide bonds. The summed E-state index contributed by atoms with van der Waals surface area (Å²) in [5.41, 5.74) is 2.23. The molecule has 2 aromatic heterocycles. The van der Waals surface area contributed by atoms with E-state index in [1.54, 1.807) is 12.3 Å². The molecule has 1 aliphatic rings. The maximum absolute atomic E-state index is 6.28. The zero-order valence-corrected chi connectivity index (χ0v) is 14.3. The van der Waals surface area contributed by atoms with Crippen molar-refractivity contribution < 1.29 is 13.7 Å². The molecule has 1 aromatic carbocycles. The molecule has 0 bridgehead atoms. The fourth-order valence-corrected chi connectivity index (χ4v) is 3.09. The molecule has 4 nitrogen and oxygen atoms in total. The molecule has 3 aromatic rings. The molecule has 1 aliphatic heterocycles. The summed E-state index contributed by atoms with van der Waals surface area (Å²) in [7, 11) is -0.510. The summed E-state index contributed by atoms with van der Waals surface area (Å²) in [5, 5.41) is 1.48. The lowest BCUT2D eigenvalue weighted by Crippen LogP contribution is -2.41. The van der Waals surface area contributed by atoms with Crippen molar-refractivity contribution >= 4 is 46.3 Å². The van der Waals surface area contributed by atoms with Gasteiger partial charge in [-0.05, 0) is 51.4 Å². The van der Waals surface area contributed by atoms with Gasteiger partial charge in [-0.25, -0.2) is 0 Å². The highest BCUT2D eigenvalue weighted by atomic mass is 35.5. The number of hydrogen-bond acceptors (Lipinski definition) is 4. The van der Waals surface area contributed by atoms with E-state index in [1.807, 2.05) is 45.9 Å². The highest BCUT2D eigenvalue weighted by molar-refractivity contribution is 6.66. The Bertz CT molecular complexity index is 903. The Morgan fingerprint density at radius 2 is 1.74 bits per heavy atom. The highest BCUT2D eigenvalue weighted by Crippen LogP contribution is 2.38. The van der Waals surface area contributed by atoms with Crippen molar-refractivity contribution in [2.24, 2.45) is 0 Å². The largest absolute Gasteiger partial charge is 0.495 e. The second-order valence-electron chi connectivity index (χ2n) is 6.91. The van der Waals surface area contributed by atoms with Gasteiger partial charge in [-0.3, -0.25) is 4.98 Å². The van der Waals surface area contributed by atoms with Crippen molar-refractivity contribution in [2.75, 3.05) is 0 Å².